The zero-order valence-electron chi connectivity index (χ0n) is 21.7. The number of nitrogens with zero attached hydrogens (tertiary/aromatic N) is 1. The lowest BCUT2D eigenvalue weighted by Gasteiger charge is -2.37. The van der Waals surface area contributed by atoms with Crippen molar-refractivity contribution < 1.29 is 29.3 Å². The standard InChI is InChI=1S/C30H32ClNO6/c1-30(2,3)38-29(36)32(18-27(33)20-4-10-23(31)11-5-20)24-12-6-19-7-15-26(17-22(19)16-24)37-25-13-8-21(9-14-25)28(34)35/h4-5,7-11,13-15,17,24,27,33H,6,12,16,18H2,1-3H3,(H,34,35)/t24-,27-/m0/s1. The van der Waals surface area contributed by atoms with Crippen LogP contribution in [0.4, 0.5) is 4.79 Å². The van der Waals surface area contributed by atoms with Crippen LogP contribution in [0.3, 0.4) is 0 Å². The van der Waals surface area contributed by atoms with E-state index in [0.29, 0.717) is 28.5 Å². The molecule has 3 aromatic rings. The van der Waals surface area contributed by atoms with Gasteiger partial charge in [0.05, 0.1) is 18.2 Å². The number of rotatable bonds is 7. The van der Waals surface area contributed by atoms with Gasteiger partial charge in [0, 0.05) is 11.1 Å². The van der Waals surface area contributed by atoms with E-state index in [1.807, 2.05) is 39.0 Å². The van der Waals surface area contributed by atoms with E-state index in [0.717, 1.165) is 18.4 Å². The molecule has 0 radical (unpaired) electrons. The first-order valence-electron chi connectivity index (χ1n) is 12.5. The van der Waals surface area contributed by atoms with Crippen LogP contribution in [0.15, 0.2) is 66.7 Å². The number of aromatic carboxylic acids is 1. The molecule has 200 valence electrons. The summed E-state index contributed by atoms with van der Waals surface area (Å²) in [6.45, 7) is 5.55. The number of carbonyl (C=O) groups excluding carboxylic acids is 1. The number of amides is 1. The second-order valence-corrected chi connectivity index (χ2v) is 10.9. The van der Waals surface area contributed by atoms with Gasteiger partial charge in [-0.25, -0.2) is 9.59 Å². The molecule has 0 saturated heterocycles. The van der Waals surface area contributed by atoms with Crippen molar-refractivity contribution in [3.05, 3.63) is 94.0 Å². The van der Waals surface area contributed by atoms with Crippen molar-refractivity contribution in [2.75, 3.05) is 6.54 Å². The molecule has 0 bridgehead atoms. The van der Waals surface area contributed by atoms with Crippen molar-refractivity contribution in [2.45, 2.75) is 57.8 Å². The number of aliphatic hydroxyl groups is 1. The Kier molecular flexibility index (Phi) is 8.29. The summed E-state index contributed by atoms with van der Waals surface area (Å²) < 4.78 is 11.7. The molecule has 7 nitrogen and oxygen atoms in total. The maximum atomic E-state index is 13.3. The topological polar surface area (TPSA) is 96.3 Å². The monoisotopic (exact) mass is 537 g/mol. The number of halogens is 1. The summed E-state index contributed by atoms with van der Waals surface area (Å²) in [5.74, 6) is 0.161. The quantitative estimate of drug-likeness (QED) is 0.350. The maximum Gasteiger partial charge on any atom is 0.410 e. The predicted molar refractivity (Wildman–Crippen MR) is 145 cm³/mol. The van der Waals surface area contributed by atoms with E-state index in [2.05, 4.69) is 0 Å². The van der Waals surface area contributed by atoms with E-state index >= 15 is 0 Å². The smallest absolute Gasteiger partial charge is 0.410 e. The first-order valence-corrected chi connectivity index (χ1v) is 12.9. The molecule has 4 rings (SSSR count). The molecule has 3 aromatic carbocycles. The first-order chi connectivity index (χ1) is 18.0. The third-order valence-corrected chi connectivity index (χ3v) is 6.66. The number of aryl methyl sites for hydroxylation is 1. The van der Waals surface area contributed by atoms with Gasteiger partial charge < -0.3 is 24.6 Å². The minimum absolute atomic E-state index is 0.0860. The molecule has 0 heterocycles. The number of fused-ring (bicyclic) bond motifs is 1. The summed E-state index contributed by atoms with van der Waals surface area (Å²) in [5, 5.41) is 20.6. The fourth-order valence-electron chi connectivity index (χ4n) is 4.52. The van der Waals surface area contributed by atoms with Crippen LogP contribution in [0.1, 0.15) is 60.3 Å². The van der Waals surface area contributed by atoms with Gasteiger partial charge in [-0.15, -0.1) is 0 Å². The summed E-state index contributed by atoms with van der Waals surface area (Å²) in [4.78, 5) is 26.0. The highest BCUT2D eigenvalue weighted by atomic mass is 35.5. The molecule has 0 spiro atoms. The summed E-state index contributed by atoms with van der Waals surface area (Å²) in [7, 11) is 0. The van der Waals surface area contributed by atoms with Gasteiger partial charge >= 0.3 is 12.1 Å². The van der Waals surface area contributed by atoms with Crippen LogP contribution >= 0.6 is 11.6 Å². The Bertz CT molecular complexity index is 1280. The second kappa shape index (κ2) is 11.5. The fourth-order valence-corrected chi connectivity index (χ4v) is 4.64. The van der Waals surface area contributed by atoms with Crippen LogP contribution in [0.5, 0.6) is 11.5 Å². The molecule has 0 unspecified atom stereocenters. The average Bonchev–Trinajstić information content (AvgIpc) is 2.86. The van der Waals surface area contributed by atoms with E-state index < -0.39 is 23.8 Å². The molecule has 0 saturated carbocycles. The van der Waals surface area contributed by atoms with Crippen molar-refractivity contribution in [1.82, 2.24) is 4.90 Å². The molecular weight excluding hydrogens is 506 g/mol. The molecule has 1 amide bonds. The molecule has 8 heteroatoms. The Hall–Kier alpha value is -3.55. The SMILES string of the molecule is CC(C)(C)OC(=O)N(C[C@H](O)c1ccc(Cl)cc1)[C@H]1CCc2ccc(Oc3ccc(C(=O)O)cc3)cc2C1. The lowest BCUT2D eigenvalue weighted by molar-refractivity contribution is 0.00194. The number of carboxylic acids is 1. The summed E-state index contributed by atoms with van der Waals surface area (Å²) in [5.41, 5.74) is 2.41. The molecule has 0 aliphatic heterocycles. The van der Waals surface area contributed by atoms with Gasteiger partial charge in [-0.2, -0.15) is 0 Å². The van der Waals surface area contributed by atoms with Gasteiger partial charge in [-0.05, 0) is 105 Å². The number of carboxylic acid groups (broad SMARTS) is 1. The van der Waals surface area contributed by atoms with Gasteiger partial charge in [0.15, 0.2) is 0 Å². The zero-order valence-corrected chi connectivity index (χ0v) is 22.4. The second-order valence-electron chi connectivity index (χ2n) is 10.5. The largest absolute Gasteiger partial charge is 0.478 e. The first kappa shape index (κ1) is 27.5. The molecule has 38 heavy (non-hydrogen) atoms. The number of hydrogen-bond acceptors (Lipinski definition) is 5. The highest BCUT2D eigenvalue weighted by Crippen LogP contribution is 2.32. The third-order valence-electron chi connectivity index (χ3n) is 6.41. The number of ether oxygens (including phenoxy) is 2. The third kappa shape index (κ3) is 7.05. The van der Waals surface area contributed by atoms with Gasteiger partial charge in [0.25, 0.3) is 0 Å². The molecular formula is C30H32ClNO6. The molecule has 2 atom stereocenters. The lowest BCUT2D eigenvalue weighted by Crippen LogP contribution is -2.47. The van der Waals surface area contributed by atoms with Crippen molar-refractivity contribution >= 4 is 23.7 Å². The van der Waals surface area contributed by atoms with Gasteiger partial charge in [-0.3, -0.25) is 0 Å². The average molecular weight is 538 g/mol. The Morgan fingerprint density at radius 1 is 1.00 bits per heavy atom. The van der Waals surface area contributed by atoms with Crippen LogP contribution in [-0.4, -0.2) is 45.4 Å². The van der Waals surface area contributed by atoms with Crippen molar-refractivity contribution in [3.63, 3.8) is 0 Å². The van der Waals surface area contributed by atoms with Crippen LogP contribution < -0.4 is 4.74 Å². The minimum atomic E-state index is -0.993. The van der Waals surface area contributed by atoms with Crippen LogP contribution in [0.25, 0.3) is 0 Å². The van der Waals surface area contributed by atoms with Gasteiger partial charge in [-0.1, -0.05) is 29.8 Å². The highest BCUT2D eigenvalue weighted by molar-refractivity contribution is 6.30. The van der Waals surface area contributed by atoms with Gasteiger partial charge in [0.2, 0.25) is 0 Å². The summed E-state index contributed by atoms with van der Waals surface area (Å²) >= 11 is 6.00. The minimum Gasteiger partial charge on any atom is -0.478 e. The van der Waals surface area contributed by atoms with E-state index in [1.54, 1.807) is 41.3 Å². The van der Waals surface area contributed by atoms with Crippen molar-refractivity contribution in [3.8, 4) is 11.5 Å². The number of hydrogen-bond donors (Lipinski definition) is 2. The Morgan fingerprint density at radius 3 is 2.29 bits per heavy atom. The van der Waals surface area contributed by atoms with E-state index in [9.17, 15) is 14.7 Å². The fraction of sp³-hybridized carbons (Fsp3) is 0.333. The normalized spacial score (nSPS) is 15.8. The zero-order chi connectivity index (χ0) is 27.4. The van der Waals surface area contributed by atoms with E-state index in [-0.39, 0.29) is 18.2 Å². The molecule has 1 aliphatic carbocycles. The number of aliphatic hydroxyl groups excluding tert-OH is 1. The number of benzene rings is 3. The van der Waals surface area contributed by atoms with Gasteiger partial charge in [0.1, 0.15) is 17.1 Å². The highest BCUT2D eigenvalue weighted by Gasteiger charge is 2.33. The van der Waals surface area contributed by atoms with E-state index in [4.69, 9.17) is 26.2 Å². The summed E-state index contributed by atoms with van der Waals surface area (Å²) in [6, 6.07) is 18.9. The maximum absolute atomic E-state index is 13.3. The molecule has 0 aromatic heterocycles. The summed E-state index contributed by atoms with van der Waals surface area (Å²) in [6.07, 6.45) is 0.715. The Balaban J connectivity index is 1.53. The lowest BCUT2D eigenvalue weighted by atomic mass is 9.87. The van der Waals surface area contributed by atoms with Crippen LogP contribution in [0, 0.1) is 0 Å². The van der Waals surface area contributed by atoms with Crippen LogP contribution in [-0.2, 0) is 17.6 Å². The predicted octanol–water partition coefficient (Wildman–Crippen LogP) is 6.66. The van der Waals surface area contributed by atoms with Crippen LogP contribution in [0.2, 0.25) is 5.02 Å². The van der Waals surface area contributed by atoms with E-state index in [1.165, 1.54) is 17.7 Å². The number of carbonyl (C=O) groups is 2. The molecule has 1 aliphatic rings. The molecule has 0 fully saturated rings. The van der Waals surface area contributed by atoms with Crippen molar-refractivity contribution in [2.24, 2.45) is 0 Å². The molecule has 2 N–H and O–H groups in total. The van der Waals surface area contributed by atoms with Crippen molar-refractivity contribution in [1.29, 1.82) is 0 Å². The Labute approximate surface area is 227 Å². The Morgan fingerprint density at radius 2 is 1.66 bits per heavy atom.